The van der Waals surface area contributed by atoms with Crippen LogP contribution in [0.1, 0.15) is 32.2 Å². The molecule has 108 valence electrons. The molecule has 0 aliphatic carbocycles. The summed E-state index contributed by atoms with van der Waals surface area (Å²) in [5.41, 5.74) is 0.617. The van der Waals surface area contributed by atoms with Gasteiger partial charge in [0.25, 0.3) is 0 Å². The van der Waals surface area contributed by atoms with E-state index in [4.69, 9.17) is 11.6 Å². The molecule has 0 bridgehead atoms. The quantitative estimate of drug-likeness (QED) is 0.934. The number of nitrogens with one attached hydrogen (secondary N) is 1. The molecule has 0 atom stereocenters. The first-order valence-electron chi connectivity index (χ1n) is 6.54. The third-order valence-electron chi connectivity index (χ3n) is 2.93. The van der Waals surface area contributed by atoms with Crippen molar-refractivity contribution in [1.29, 1.82) is 0 Å². The van der Waals surface area contributed by atoms with Gasteiger partial charge in [-0.1, -0.05) is 17.7 Å². The zero-order valence-electron chi connectivity index (χ0n) is 12.0. The number of nitrogens with zero attached hydrogens (tertiary/aromatic N) is 2. The van der Waals surface area contributed by atoms with Crippen LogP contribution < -0.4 is 5.32 Å². The van der Waals surface area contributed by atoms with E-state index >= 15 is 0 Å². The van der Waals surface area contributed by atoms with Gasteiger partial charge in [-0.25, -0.2) is 9.37 Å². The number of benzene rings is 1. The molecule has 5 heteroatoms. The molecule has 2 rings (SSSR count). The van der Waals surface area contributed by atoms with Crippen LogP contribution in [0.4, 0.5) is 4.39 Å². The highest BCUT2D eigenvalue weighted by Gasteiger charge is 2.12. The Morgan fingerprint density at radius 2 is 2.10 bits per heavy atom. The standard InChI is InChI=1S/C15H19ClFN3/c1-15(2,3)19-9-14-18-6-7-20(14)10-11-4-5-12(16)8-13(11)17/h4-8,19H,9-10H2,1-3H3. The van der Waals surface area contributed by atoms with Crippen molar-refractivity contribution in [1.82, 2.24) is 14.9 Å². The molecular weight excluding hydrogens is 277 g/mol. The first kappa shape index (κ1) is 15.0. The smallest absolute Gasteiger partial charge is 0.129 e. The molecule has 0 spiro atoms. The van der Waals surface area contributed by atoms with E-state index in [-0.39, 0.29) is 11.4 Å². The van der Waals surface area contributed by atoms with Gasteiger partial charge >= 0.3 is 0 Å². The van der Waals surface area contributed by atoms with E-state index in [9.17, 15) is 4.39 Å². The number of hydrogen-bond donors (Lipinski definition) is 1. The molecule has 0 aliphatic rings. The van der Waals surface area contributed by atoms with Gasteiger partial charge in [-0.15, -0.1) is 0 Å². The maximum absolute atomic E-state index is 13.8. The number of rotatable bonds is 4. The predicted octanol–water partition coefficient (Wildman–Crippen LogP) is 3.61. The lowest BCUT2D eigenvalue weighted by Gasteiger charge is -2.20. The van der Waals surface area contributed by atoms with Gasteiger partial charge in [-0.2, -0.15) is 0 Å². The second kappa shape index (κ2) is 5.94. The summed E-state index contributed by atoms with van der Waals surface area (Å²) in [5, 5.41) is 3.78. The minimum absolute atomic E-state index is 0.0162. The zero-order chi connectivity index (χ0) is 14.8. The van der Waals surface area contributed by atoms with Gasteiger partial charge in [0, 0.05) is 28.5 Å². The first-order chi connectivity index (χ1) is 9.35. The van der Waals surface area contributed by atoms with E-state index in [1.807, 2.05) is 10.8 Å². The van der Waals surface area contributed by atoms with Crippen molar-refractivity contribution in [3.63, 3.8) is 0 Å². The lowest BCUT2D eigenvalue weighted by molar-refractivity contribution is 0.412. The summed E-state index contributed by atoms with van der Waals surface area (Å²) in [6.07, 6.45) is 3.58. The molecular formula is C15H19ClFN3. The second-order valence-corrected chi connectivity index (χ2v) is 6.25. The van der Waals surface area contributed by atoms with Crippen molar-refractivity contribution in [3.8, 4) is 0 Å². The highest BCUT2D eigenvalue weighted by atomic mass is 35.5. The molecule has 0 saturated heterocycles. The van der Waals surface area contributed by atoms with E-state index in [0.717, 1.165) is 5.82 Å². The molecule has 0 amide bonds. The van der Waals surface area contributed by atoms with Gasteiger partial charge in [0.05, 0.1) is 13.1 Å². The van der Waals surface area contributed by atoms with Gasteiger partial charge in [-0.05, 0) is 32.9 Å². The summed E-state index contributed by atoms with van der Waals surface area (Å²) in [7, 11) is 0. The zero-order valence-corrected chi connectivity index (χ0v) is 12.7. The molecule has 0 saturated carbocycles. The molecule has 2 aromatic rings. The molecule has 0 unspecified atom stereocenters. The number of aromatic nitrogens is 2. The molecule has 1 heterocycles. The molecule has 20 heavy (non-hydrogen) atoms. The average Bonchev–Trinajstić information content (AvgIpc) is 2.77. The van der Waals surface area contributed by atoms with Gasteiger partial charge < -0.3 is 9.88 Å². The SMILES string of the molecule is CC(C)(C)NCc1nccn1Cc1ccc(Cl)cc1F. The van der Waals surface area contributed by atoms with Crippen LogP contribution >= 0.6 is 11.6 Å². The topological polar surface area (TPSA) is 29.9 Å². The fourth-order valence-electron chi connectivity index (χ4n) is 1.83. The van der Waals surface area contributed by atoms with Crippen molar-refractivity contribution < 1.29 is 4.39 Å². The minimum atomic E-state index is -0.291. The Morgan fingerprint density at radius 3 is 2.75 bits per heavy atom. The van der Waals surface area contributed by atoms with Crippen molar-refractivity contribution in [2.24, 2.45) is 0 Å². The molecule has 1 aromatic carbocycles. The maximum atomic E-state index is 13.8. The summed E-state index contributed by atoms with van der Waals surface area (Å²) in [6, 6.07) is 4.74. The fraction of sp³-hybridized carbons (Fsp3) is 0.400. The molecule has 1 N–H and O–H groups in total. The van der Waals surface area contributed by atoms with Gasteiger partial charge in [0.2, 0.25) is 0 Å². The fourth-order valence-corrected chi connectivity index (χ4v) is 1.99. The summed E-state index contributed by atoms with van der Waals surface area (Å²) in [4.78, 5) is 4.31. The molecule has 1 aromatic heterocycles. The van der Waals surface area contributed by atoms with E-state index in [1.54, 1.807) is 18.3 Å². The Morgan fingerprint density at radius 1 is 1.35 bits per heavy atom. The van der Waals surface area contributed by atoms with Crippen molar-refractivity contribution in [3.05, 3.63) is 52.8 Å². The van der Waals surface area contributed by atoms with Crippen LogP contribution in [0, 0.1) is 5.82 Å². The van der Waals surface area contributed by atoms with Crippen LogP contribution in [0.5, 0.6) is 0 Å². The maximum Gasteiger partial charge on any atom is 0.129 e. The van der Waals surface area contributed by atoms with Crippen LogP contribution in [0.3, 0.4) is 0 Å². The molecule has 0 radical (unpaired) electrons. The van der Waals surface area contributed by atoms with Crippen LogP contribution in [0.15, 0.2) is 30.6 Å². The third-order valence-corrected chi connectivity index (χ3v) is 3.17. The molecule has 0 aliphatic heterocycles. The van der Waals surface area contributed by atoms with Crippen molar-refractivity contribution >= 4 is 11.6 Å². The normalized spacial score (nSPS) is 11.8. The molecule has 0 fully saturated rings. The lowest BCUT2D eigenvalue weighted by Crippen LogP contribution is -2.36. The Labute approximate surface area is 123 Å². The summed E-state index contributed by atoms with van der Waals surface area (Å²) in [6.45, 7) is 7.38. The number of halogens is 2. The number of hydrogen-bond acceptors (Lipinski definition) is 2. The summed E-state index contributed by atoms with van der Waals surface area (Å²) in [5.74, 6) is 0.593. The first-order valence-corrected chi connectivity index (χ1v) is 6.92. The predicted molar refractivity (Wildman–Crippen MR) is 79.3 cm³/mol. The van der Waals surface area contributed by atoms with E-state index in [1.165, 1.54) is 6.07 Å². The lowest BCUT2D eigenvalue weighted by atomic mass is 10.1. The number of imidazole rings is 1. The Hall–Kier alpha value is -1.39. The Balaban J connectivity index is 2.12. The Kier molecular flexibility index (Phi) is 4.45. The Bertz CT molecular complexity index is 587. The van der Waals surface area contributed by atoms with Crippen LogP contribution in [-0.4, -0.2) is 15.1 Å². The minimum Gasteiger partial charge on any atom is -0.329 e. The van der Waals surface area contributed by atoms with Crippen molar-refractivity contribution in [2.45, 2.75) is 39.4 Å². The second-order valence-electron chi connectivity index (χ2n) is 5.81. The van der Waals surface area contributed by atoms with Crippen LogP contribution in [0.2, 0.25) is 5.02 Å². The van der Waals surface area contributed by atoms with E-state index in [0.29, 0.717) is 23.7 Å². The highest BCUT2D eigenvalue weighted by molar-refractivity contribution is 6.30. The van der Waals surface area contributed by atoms with Crippen LogP contribution in [-0.2, 0) is 13.1 Å². The van der Waals surface area contributed by atoms with Gasteiger partial charge in [0.15, 0.2) is 0 Å². The monoisotopic (exact) mass is 295 g/mol. The highest BCUT2D eigenvalue weighted by Crippen LogP contribution is 2.16. The van der Waals surface area contributed by atoms with E-state index < -0.39 is 0 Å². The summed E-state index contributed by atoms with van der Waals surface area (Å²) < 4.78 is 15.8. The third kappa shape index (κ3) is 4.05. The largest absolute Gasteiger partial charge is 0.329 e. The molecule has 3 nitrogen and oxygen atoms in total. The van der Waals surface area contributed by atoms with E-state index in [2.05, 4.69) is 31.1 Å². The average molecular weight is 296 g/mol. The van der Waals surface area contributed by atoms with Gasteiger partial charge in [-0.3, -0.25) is 0 Å². The van der Waals surface area contributed by atoms with Crippen molar-refractivity contribution in [2.75, 3.05) is 0 Å². The van der Waals surface area contributed by atoms with Crippen LogP contribution in [0.25, 0.3) is 0 Å². The summed E-state index contributed by atoms with van der Waals surface area (Å²) >= 11 is 5.76. The van der Waals surface area contributed by atoms with Gasteiger partial charge in [0.1, 0.15) is 11.6 Å².